The SMILES string of the molecule is CC(=O)c1ccc(N2C(=O)c3oc4ccccc4c(=O)c3C2c2ccc(F)cc2)cc1. The van der Waals surface area contributed by atoms with Crippen LogP contribution in [0.5, 0.6) is 0 Å². The number of Topliss-reactive ketones (excluding diaryl/α,β-unsaturated/α-hetero) is 1. The van der Waals surface area contributed by atoms with E-state index in [-0.39, 0.29) is 22.5 Å². The maximum absolute atomic E-state index is 13.6. The van der Waals surface area contributed by atoms with Gasteiger partial charge in [-0.25, -0.2) is 4.39 Å². The normalized spacial score (nSPS) is 15.4. The summed E-state index contributed by atoms with van der Waals surface area (Å²) >= 11 is 0. The van der Waals surface area contributed by atoms with Crippen molar-refractivity contribution >= 4 is 28.3 Å². The van der Waals surface area contributed by atoms with Crippen molar-refractivity contribution in [2.45, 2.75) is 13.0 Å². The van der Waals surface area contributed by atoms with Gasteiger partial charge in [0.25, 0.3) is 5.91 Å². The van der Waals surface area contributed by atoms with Crippen molar-refractivity contribution in [3.8, 4) is 0 Å². The molecule has 0 bridgehead atoms. The highest BCUT2D eigenvalue weighted by Gasteiger charge is 2.43. The minimum Gasteiger partial charge on any atom is -0.450 e. The van der Waals surface area contributed by atoms with E-state index < -0.39 is 17.8 Å². The van der Waals surface area contributed by atoms with Crippen LogP contribution in [-0.4, -0.2) is 11.7 Å². The summed E-state index contributed by atoms with van der Waals surface area (Å²) in [6.07, 6.45) is 0. The van der Waals surface area contributed by atoms with Crippen LogP contribution in [0.15, 0.2) is 82.0 Å². The van der Waals surface area contributed by atoms with Crippen molar-refractivity contribution in [3.05, 3.63) is 111 Å². The van der Waals surface area contributed by atoms with Crippen LogP contribution in [0, 0.1) is 5.82 Å². The molecule has 1 aromatic heterocycles. The molecule has 0 spiro atoms. The van der Waals surface area contributed by atoms with Gasteiger partial charge in [0.05, 0.1) is 17.0 Å². The van der Waals surface area contributed by atoms with Gasteiger partial charge in [-0.2, -0.15) is 0 Å². The minimum absolute atomic E-state index is 0.0336. The highest BCUT2D eigenvalue weighted by molar-refractivity contribution is 6.10. The van der Waals surface area contributed by atoms with E-state index in [1.165, 1.54) is 24.0 Å². The van der Waals surface area contributed by atoms with Gasteiger partial charge in [0.1, 0.15) is 11.4 Å². The molecule has 5 rings (SSSR count). The Kier molecular flexibility index (Phi) is 4.29. The molecular weight excluding hydrogens is 397 g/mol. The summed E-state index contributed by atoms with van der Waals surface area (Å²) in [6, 6.07) is 18.2. The standard InChI is InChI=1S/C25H16FNO4/c1-14(28)15-8-12-18(13-9-15)27-22(16-6-10-17(26)11-7-16)21-23(29)19-4-2-3-5-20(19)31-24(21)25(27)30/h2-13,22H,1H3. The van der Waals surface area contributed by atoms with Crippen LogP contribution in [0.1, 0.15) is 45.0 Å². The van der Waals surface area contributed by atoms with E-state index in [0.717, 1.165) is 0 Å². The van der Waals surface area contributed by atoms with E-state index in [1.807, 2.05) is 0 Å². The molecular formula is C25H16FNO4. The first-order valence-electron chi connectivity index (χ1n) is 9.71. The average molecular weight is 413 g/mol. The number of hydrogen-bond donors (Lipinski definition) is 0. The number of hydrogen-bond acceptors (Lipinski definition) is 4. The lowest BCUT2D eigenvalue weighted by atomic mass is 9.98. The Morgan fingerprint density at radius 2 is 1.61 bits per heavy atom. The summed E-state index contributed by atoms with van der Waals surface area (Å²) in [5.41, 5.74) is 1.82. The van der Waals surface area contributed by atoms with Gasteiger partial charge < -0.3 is 4.42 Å². The Balaban J connectivity index is 1.77. The topological polar surface area (TPSA) is 67.6 Å². The number of nitrogens with zero attached hydrogens (tertiary/aromatic N) is 1. The third-order valence-corrected chi connectivity index (χ3v) is 5.52. The van der Waals surface area contributed by atoms with E-state index in [2.05, 4.69) is 0 Å². The number of carbonyl (C=O) groups excluding carboxylic acids is 2. The molecule has 0 saturated heterocycles. The highest BCUT2D eigenvalue weighted by Crippen LogP contribution is 2.41. The fourth-order valence-electron chi connectivity index (χ4n) is 4.00. The molecule has 0 fully saturated rings. The molecule has 1 aliphatic heterocycles. The first-order valence-corrected chi connectivity index (χ1v) is 9.71. The summed E-state index contributed by atoms with van der Waals surface area (Å²) in [4.78, 5) is 39.9. The summed E-state index contributed by atoms with van der Waals surface area (Å²) in [7, 11) is 0. The number of anilines is 1. The smallest absolute Gasteiger partial charge is 0.295 e. The molecule has 1 atom stereocenters. The molecule has 0 N–H and O–H groups in total. The molecule has 6 heteroatoms. The largest absolute Gasteiger partial charge is 0.450 e. The van der Waals surface area contributed by atoms with Gasteiger partial charge in [0.2, 0.25) is 5.76 Å². The summed E-state index contributed by atoms with van der Waals surface area (Å²) in [5.74, 6) is -1.02. The Labute approximate surface area is 176 Å². The number of amides is 1. The van der Waals surface area contributed by atoms with E-state index in [0.29, 0.717) is 27.8 Å². The lowest BCUT2D eigenvalue weighted by Crippen LogP contribution is -2.29. The Bertz CT molecular complexity index is 1400. The van der Waals surface area contributed by atoms with Gasteiger partial charge in [-0.05, 0) is 61.0 Å². The van der Waals surface area contributed by atoms with E-state index in [9.17, 15) is 18.8 Å². The van der Waals surface area contributed by atoms with Crippen LogP contribution >= 0.6 is 0 Å². The maximum atomic E-state index is 13.6. The second-order valence-corrected chi connectivity index (χ2v) is 7.40. The fraction of sp³-hybridized carbons (Fsp3) is 0.0800. The number of fused-ring (bicyclic) bond motifs is 2. The number of ketones is 1. The molecule has 2 heterocycles. The average Bonchev–Trinajstić information content (AvgIpc) is 3.07. The van der Waals surface area contributed by atoms with Crippen LogP contribution in [0.2, 0.25) is 0 Å². The van der Waals surface area contributed by atoms with Crippen molar-refractivity contribution in [1.29, 1.82) is 0 Å². The predicted molar refractivity (Wildman–Crippen MR) is 114 cm³/mol. The Morgan fingerprint density at radius 3 is 2.29 bits per heavy atom. The van der Waals surface area contributed by atoms with Gasteiger partial charge in [-0.1, -0.05) is 24.3 Å². The Morgan fingerprint density at radius 1 is 0.935 bits per heavy atom. The maximum Gasteiger partial charge on any atom is 0.295 e. The van der Waals surface area contributed by atoms with Crippen molar-refractivity contribution in [2.75, 3.05) is 4.90 Å². The second kappa shape index (κ2) is 7.02. The molecule has 5 nitrogen and oxygen atoms in total. The fourth-order valence-corrected chi connectivity index (χ4v) is 4.00. The minimum atomic E-state index is -0.785. The van der Waals surface area contributed by atoms with Crippen LogP contribution in [-0.2, 0) is 0 Å². The molecule has 1 amide bonds. The van der Waals surface area contributed by atoms with Crippen molar-refractivity contribution in [1.82, 2.24) is 0 Å². The molecule has 31 heavy (non-hydrogen) atoms. The lowest BCUT2D eigenvalue weighted by molar-refractivity contribution is 0.0970. The molecule has 4 aromatic rings. The van der Waals surface area contributed by atoms with E-state index in [4.69, 9.17) is 4.42 Å². The van der Waals surface area contributed by atoms with Crippen molar-refractivity contribution < 1.29 is 18.4 Å². The molecule has 1 unspecified atom stereocenters. The van der Waals surface area contributed by atoms with E-state index >= 15 is 0 Å². The molecule has 1 aliphatic rings. The van der Waals surface area contributed by atoms with Crippen molar-refractivity contribution in [2.24, 2.45) is 0 Å². The zero-order chi connectivity index (χ0) is 21.7. The number of rotatable bonds is 3. The van der Waals surface area contributed by atoms with Gasteiger partial charge in [-0.3, -0.25) is 19.3 Å². The molecule has 3 aromatic carbocycles. The summed E-state index contributed by atoms with van der Waals surface area (Å²) < 4.78 is 19.4. The summed E-state index contributed by atoms with van der Waals surface area (Å²) in [5, 5.41) is 0.370. The monoisotopic (exact) mass is 413 g/mol. The predicted octanol–water partition coefficient (Wildman–Crippen LogP) is 4.88. The van der Waals surface area contributed by atoms with Gasteiger partial charge >= 0.3 is 0 Å². The van der Waals surface area contributed by atoms with Crippen molar-refractivity contribution in [3.63, 3.8) is 0 Å². The van der Waals surface area contributed by atoms with E-state index in [1.54, 1.807) is 60.7 Å². The van der Waals surface area contributed by atoms with Crippen LogP contribution in [0.3, 0.4) is 0 Å². The van der Waals surface area contributed by atoms with Crippen LogP contribution in [0.4, 0.5) is 10.1 Å². The lowest BCUT2D eigenvalue weighted by Gasteiger charge is -2.25. The zero-order valence-electron chi connectivity index (χ0n) is 16.5. The number of carbonyl (C=O) groups is 2. The highest BCUT2D eigenvalue weighted by atomic mass is 19.1. The summed E-state index contributed by atoms with van der Waals surface area (Å²) in [6.45, 7) is 1.46. The third-order valence-electron chi connectivity index (χ3n) is 5.52. The number of halogens is 1. The van der Waals surface area contributed by atoms with Crippen LogP contribution < -0.4 is 10.3 Å². The second-order valence-electron chi connectivity index (χ2n) is 7.40. The number of benzene rings is 3. The Hall–Kier alpha value is -4.06. The number of para-hydroxylation sites is 1. The zero-order valence-corrected chi connectivity index (χ0v) is 16.5. The van der Waals surface area contributed by atoms with Gasteiger partial charge in [0.15, 0.2) is 11.2 Å². The van der Waals surface area contributed by atoms with Gasteiger partial charge in [-0.15, -0.1) is 0 Å². The first-order chi connectivity index (χ1) is 15.0. The third kappa shape index (κ3) is 2.95. The molecule has 0 saturated carbocycles. The quantitative estimate of drug-likeness (QED) is 0.449. The van der Waals surface area contributed by atoms with Crippen LogP contribution in [0.25, 0.3) is 11.0 Å². The van der Waals surface area contributed by atoms with Gasteiger partial charge in [0, 0.05) is 11.3 Å². The molecule has 0 radical (unpaired) electrons. The molecule has 152 valence electrons. The molecule has 0 aliphatic carbocycles. The first kappa shape index (κ1) is 18.9.